The molecule has 0 radical (unpaired) electrons. The summed E-state index contributed by atoms with van der Waals surface area (Å²) in [5, 5.41) is 19.5. The summed E-state index contributed by atoms with van der Waals surface area (Å²) in [4.78, 5) is 0. The van der Waals surface area contributed by atoms with Gasteiger partial charge in [0.15, 0.2) is 11.5 Å². The number of aliphatic hydroxyl groups is 1. The van der Waals surface area contributed by atoms with Gasteiger partial charge in [0, 0.05) is 25.5 Å². The molecule has 0 fully saturated rings. The summed E-state index contributed by atoms with van der Waals surface area (Å²) < 4.78 is 16.8. The Labute approximate surface area is 129 Å². The molecule has 0 saturated carbocycles. The summed E-state index contributed by atoms with van der Waals surface area (Å²) in [6.07, 6.45) is 3.98. The standard InChI is InChI=1S/C17H20O5/c1-20-15-9-14(10-3-6-13(19)17(7-10)21-2)22-16-8-11(18)4-5-12(15)16/h3-7,11,14-15,18-19H,8-9H2,1-2H3. The lowest BCUT2D eigenvalue weighted by atomic mass is 9.90. The molecule has 1 aromatic rings. The first-order valence-electron chi connectivity index (χ1n) is 7.28. The lowest BCUT2D eigenvalue weighted by Crippen LogP contribution is -2.28. The van der Waals surface area contributed by atoms with E-state index >= 15 is 0 Å². The second-order valence-electron chi connectivity index (χ2n) is 5.51. The number of methoxy groups -OCH3 is 2. The average Bonchev–Trinajstić information content (AvgIpc) is 2.53. The van der Waals surface area contributed by atoms with E-state index in [9.17, 15) is 10.2 Å². The SMILES string of the molecule is COc1cc(C2CC(OC)C3=C(CC(O)C=C3)O2)ccc1O. The van der Waals surface area contributed by atoms with E-state index < -0.39 is 6.10 Å². The van der Waals surface area contributed by atoms with E-state index in [1.54, 1.807) is 25.3 Å². The van der Waals surface area contributed by atoms with Crippen LogP contribution in [0, 0.1) is 0 Å². The van der Waals surface area contributed by atoms with Gasteiger partial charge in [0.05, 0.1) is 19.3 Å². The van der Waals surface area contributed by atoms with Crippen LogP contribution < -0.4 is 4.74 Å². The second kappa shape index (κ2) is 6.02. The van der Waals surface area contributed by atoms with E-state index in [1.165, 1.54) is 7.11 Å². The van der Waals surface area contributed by atoms with Crippen molar-refractivity contribution >= 4 is 0 Å². The highest BCUT2D eigenvalue weighted by Gasteiger charge is 2.33. The van der Waals surface area contributed by atoms with Crippen molar-refractivity contribution in [1.82, 2.24) is 0 Å². The lowest BCUT2D eigenvalue weighted by molar-refractivity contribution is 0.00582. The first-order chi connectivity index (χ1) is 10.6. The Morgan fingerprint density at radius 2 is 2.09 bits per heavy atom. The van der Waals surface area contributed by atoms with Gasteiger partial charge in [-0.2, -0.15) is 0 Å². The predicted octanol–water partition coefficient (Wildman–Crippen LogP) is 2.45. The molecule has 1 aromatic carbocycles. The zero-order valence-electron chi connectivity index (χ0n) is 12.7. The van der Waals surface area contributed by atoms with Crippen molar-refractivity contribution in [2.24, 2.45) is 0 Å². The number of phenolic OH excluding ortho intramolecular Hbond substituents is 1. The average molecular weight is 304 g/mol. The third kappa shape index (κ3) is 2.69. The van der Waals surface area contributed by atoms with Crippen LogP contribution in [0.3, 0.4) is 0 Å². The molecule has 0 saturated heterocycles. The highest BCUT2D eigenvalue weighted by molar-refractivity contribution is 5.43. The minimum atomic E-state index is -0.524. The van der Waals surface area contributed by atoms with Gasteiger partial charge < -0.3 is 24.4 Å². The van der Waals surface area contributed by atoms with Crippen molar-refractivity contribution < 1.29 is 24.4 Å². The topological polar surface area (TPSA) is 68.2 Å². The van der Waals surface area contributed by atoms with Crippen molar-refractivity contribution in [1.29, 1.82) is 0 Å². The van der Waals surface area contributed by atoms with Crippen LogP contribution in [0.25, 0.3) is 0 Å². The van der Waals surface area contributed by atoms with Crippen molar-refractivity contribution in [3.63, 3.8) is 0 Å². The van der Waals surface area contributed by atoms with Gasteiger partial charge in [-0.3, -0.25) is 0 Å². The Morgan fingerprint density at radius 1 is 1.27 bits per heavy atom. The molecule has 1 heterocycles. The van der Waals surface area contributed by atoms with E-state index in [0.29, 0.717) is 18.6 Å². The van der Waals surface area contributed by atoms with Crippen LogP contribution in [0.15, 0.2) is 41.7 Å². The first-order valence-corrected chi connectivity index (χ1v) is 7.28. The normalized spacial score (nSPS) is 27.3. The van der Waals surface area contributed by atoms with Crippen LogP contribution in [0.1, 0.15) is 24.5 Å². The first kappa shape index (κ1) is 14.9. The maximum absolute atomic E-state index is 9.79. The minimum absolute atomic E-state index is 0.0719. The number of hydrogen-bond donors (Lipinski definition) is 2. The number of benzene rings is 1. The van der Waals surface area contributed by atoms with Gasteiger partial charge in [-0.25, -0.2) is 0 Å². The highest BCUT2D eigenvalue weighted by atomic mass is 16.5. The van der Waals surface area contributed by atoms with Crippen LogP contribution in [0.2, 0.25) is 0 Å². The van der Waals surface area contributed by atoms with E-state index in [2.05, 4.69) is 0 Å². The minimum Gasteiger partial charge on any atom is -0.504 e. The molecular weight excluding hydrogens is 284 g/mol. The number of aromatic hydroxyl groups is 1. The zero-order chi connectivity index (χ0) is 15.7. The molecule has 3 rings (SSSR count). The van der Waals surface area contributed by atoms with Crippen molar-refractivity contribution in [2.75, 3.05) is 14.2 Å². The Morgan fingerprint density at radius 3 is 2.82 bits per heavy atom. The molecule has 1 aliphatic heterocycles. The largest absolute Gasteiger partial charge is 0.504 e. The van der Waals surface area contributed by atoms with Gasteiger partial charge in [0.25, 0.3) is 0 Å². The summed E-state index contributed by atoms with van der Waals surface area (Å²) >= 11 is 0. The van der Waals surface area contributed by atoms with Crippen molar-refractivity contribution in [3.8, 4) is 11.5 Å². The van der Waals surface area contributed by atoms with Crippen molar-refractivity contribution in [2.45, 2.75) is 31.2 Å². The van der Waals surface area contributed by atoms with Gasteiger partial charge in [-0.15, -0.1) is 0 Å². The smallest absolute Gasteiger partial charge is 0.160 e. The molecule has 1 aliphatic carbocycles. The fourth-order valence-electron chi connectivity index (χ4n) is 2.95. The molecule has 0 amide bonds. The molecule has 3 unspecified atom stereocenters. The number of phenols is 1. The molecule has 5 heteroatoms. The second-order valence-corrected chi connectivity index (χ2v) is 5.51. The van der Waals surface area contributed by atoms with Crippen LogP contribution >= 0.6 is 0 Å². The maximum atomic E-state index is 9.79. The van der Waals surface area contributed by atoms with Crippen LogP contribution in [0.4, 0.5) is 0 Å². The lowest BCUT2D eigenvalue weighted by Gasteiger charge is -2.35. The Kier molecular flexibility index (Phi) is 4.09. The van der Waals surface area contributed by atoms with Crippen LogP contribution in [0.5, 0.6) is 11.5 Å². The number of aliphatic hydroxyl groups excluding tert-OH is 1. The number of hydrogen-bond acceptors (Lipinski definition) is 5. The highest BCUT2D eigenvalue weighted by Crippen LogP contribution is 2.41. The summed E-state index contributed by atoms with van der Waals surface area (Å²) in [6.45, 7) is 0. The Bertz CT molecular complexity index is 619. The molecule has 3 atom stereocenters. The third-order valence-corrected chi connectivity index (χ3v) is 4.13. The molecule has 118 valence electrons. The molecule has 0 spiro atoms. The molecular formula is C17H20O5. The summed E-state index contributed by atoms with van der Waals surface area (Å²) in [6, 6.07) is 5.18. The molecule has 5 nitrogen and oxygen atoms in total. The van der Waals surface area contributed by atoms with Gasteiger partial charge in [-0.05, 0) is 17.7 Å². The van der Waals surface area contributed by atoms with Gasteiger partial charge >= 0.3 is 0 Å². The molecule has 2 aliphatic rings. The third-order valence-electron chi connectivity index (χ3n) is 4.13. The van der Waals surface area contributed by atoms with Gasteiger partial charge in [-0.1, -0.05) is 18.2 Å². The molecule has 0 aromatic heterocycles. The van der Waals surface area contributed by atoms with Crippen LogP contribution in [-0.4, -0.2) is 36.6 Å². The molecule has 22 heavy (non-hydrogen) atoms. The molecule has 2 N–H and O–H groups in total. The summed E-state index contributed by atoms with van der Waals surface area (Å²) in [7, 11) is 3.19. The van der Waals surface area contributed by atoms with E-state index in [1.807, 2.05) is 12.1 Å². The molecule has 0 bridgehead atoms. The Balaban J connectivity index is 1.91. The quantitative estimate of drug-likeness (QED) is 0.898. The fraction of sp³-hybridized carbons (Fsp3) is 0.412. The fourth-order valence-corrected chi connectivity index (χ4v) is 2.95. The number of ether oxygens (including phenoxy) is 3. The van der Waals surface area contributed by atoms with E-state index in [4.69, 9.17) is 14.2 Å². The van der Waals surface area contributed by atoms with Gasteiger partial charge in [0.1, 0.15) is 11.9 Å². The van der Waals surface area contributed by atoms with Crippen LogP contribution in [-0.2, 0) is 9.47 Å². The zero-order valence-corrected chi connectivity index (χ0v) is 12.7. The summed E-state index contributed by atoms with van der Waals surface area (Å²) in [5.41, 5.74) is 1.90. The van der Waals surface area contributed by atoms with E-state index in [-0.39, 0.29) is 18.0 Å². The van der Waals surface area contributed by atoms with Gasteiger partial charge in [0.2, 0.25) is 0 Å². The van der Waals surface area contributed by atoms with Crippen molar-refractivity contribution in [3.05, 3.63) is 47.2 Å². The predicted molar refractivity (Wildman–Crippen MR) is 80.7 cm³/mol. The summed E-state index contributed by atoms with van der Waals surface area (Å²) in [5.74, 6) is 1.28. The monoisotopic (exact) mass is 304 g/mol. The van der Waals surface area contributed by atoms with E-state index in [0.717, 1.165) is 16.9 Å². The maximum Gasteiger partial charge on any atom is 0.160 e. The number of rotatable bonds is 3. The Hall–Kier alpha value is -1.98.